The highest BCUT2D eigenvalue weighted by Crippen LogP contribution is 2.58. The van der Waals surface area contributed by atoms with Gasteiger partial charge in [0.05, 0.1) is 8.07 Å². The molecule has 0 radical (unpaired) electrons. The molecule has 0 aliphatic heterocycles. The highest BCUT2D eigenvalue weighted by Gasteiger charge is 2.48. The molecule has 35 heavy (non-hydrogen) atoms. The molecule has 0 saturated carbocycles. The molecule has 0 bridgehead atoms. The Bertz CT molecular complexity index is 1340. The minimum Gasteiger partial charge on any atom is -0.0656 e. The van der Waals surface area contributed by atoms with Crippen LogP contribution in [0.5, 0.6) is 0 Å². The van der Waals surface area contributed by atoms with Gasteiger partial charge in [-0.15, -0.1) is 0 Å². The summed E-state index contributed by atoms with van der Waals surface area (Å²) < 4.78 is 0. The average molecular weight is 495 g/mol. The van der Waals surface area contributed by atoms with Crippen LogP contribution in [-0.4, -0.2) is 16.9 Å². The first kappa shape index (κ1) is 25.7. The molecule has 1 aliphatic rings. The second-order valence-corrected chi connectivity index (χ2v) is 20.4. The maximum absolute atomic E-state index is 2.61. The van der Waals surface area contributed by atoms with Crippen molar-refractivity contribution in [1.82, 2.24) is 0 Å². The number of allylic oxidation sites excluding steroid dienone is 4. The normalized spacial score (nSPS) is 19.5. The summed E-state index contributed by atoms with van der Waals surface area (Å²) in [5.74, 6) is 0. The first-order valence-electron chi connectivity index (χ1n) is 13.0. The van der Waals surface area contributed by atoms with Crippen LogP contribution in [0.15, 0.2) is 83.4 Å². The largest absolute Gasteiger partial charge is 0.117 e. The summed E-state index contributed by atoms with van der Waals surface area (Å²) in [6.45, 7) is 24.0. The van der Waals surface area contributed by atoms with Gasteiger partial charge in [0.2, 0.25) is 0 Å². The molecular weight excluding hydrogens is 453 g/mol. The Morgan fingerprint density at radius 1 is 0.686 bits per heavy atom. The molecule has 1 aliphatic carbocycles. The van der Waals surface area contributed by atoms with Crippen molar-refractivity contribution in [1.29, 1.82) is 0 Å². The van der Waals surface area contributed by atoms with Crippen molar-refractivity contribution in [3.05, 3.63) is 106 Å². The third-order valence-corrected chi connectivity index (χ3v) is 14.6. The van der Waals surface area contributed by atoms with Crippen LogP contribution in [0.2, 0.25) is 24.7 Å². The maximum atomic E-state index is 2.61. The molecule has 3 aromatic rings. The molecule has 0 aromatic heterocycles. The molecule has 0 heterocycles. The van der Waals surface area contributed by atoms with Crippen LogP contribution in [0.3, 0.4) is 0 Å². The van der Waals surface area contributed by atoms with Crippen molar-refractivity contribution >= 4 is 38.0 Å². The molecule has 0 N–H and O–H groups in total. The van der Waals surface area contributed by atoms with E-state index in [-0.39, 0.29) is 5.04 Å². The van der Waals surface area contributed by atoms with Gasteiger partial charge in [0.15, 0.2) is 0 Å². The van der Waals surface area contributed by atoms with Gasteiger partial charge in [-0.05, 0) is 63.8 Å². The molecule has 2 unspecified atom stereocenters. The van der Waals surface area contributed by atoms with Crippen molar-refractivity contribution in [2.45, 2.75) is 73.1 Å². The lowest BCUT2D eigenvalue weighted by Gasteiger charge is -2.40. The lowest BCUT2D eigenvalue weighted by molar-refractivity contribution is 0.901. The Balaban J connectivity index is 2.09. The Morgan fingerprint density at radius 2 is 1.34 bits per heavy atom. The summed E-state index contributed by atoms with van der Waals surface area (Å²) in [5, 5.41) is 4.75. The van der Waals surface area contributed by atoms with Crippen molar-refractivity contribution in [2.24, 2.45) is 0 Å². The molecule has 2 heteroatoms. The molecule has 182 valence electrons. The van der Waals surface area contributed by atoms with Crippen LogP contribution >= 0.6 is 0 Å². The van der Waals surface area contributed by atoms with Crippen molar-refractivity contribution in [3.8, 4) is 0 Å². The summed E-state index contributed by atoms with van der Waals surface area (Å²) >= 11 is 0. The molecule has 3 aromatic carbocycles. The zero-order chi connectivity index (χ0) is 25.7. The lowest BCUT2D eigenvalue weighted by Crippen LogP contribution is -2.54. The molecule has 0 fully saturated rings. The van der Waals surface area contributed by atoms with Gasteiger partial charge in [-0.1, -0.05) is 131 Å². The van der Waals surface area contributed by atoms with Crippen molar-refractivity contribution in [3.63, 3.8) is 0 Å². The van der Waals surface area contributed by atoms with E-state index in [9.17, 15) is 0 Å². The SMILES string of the molecule is CC1=C(C)C(C)([SiH](c2cc(C)cc([Si](C)(C)C)c2)c2ccc(C)cc2C)C(c2ccccc2)=C1C. The summed E-state index contributed by atoms with van der Waals surface area (Å²) in [7, 11) is -3.22. The topological polar surface area (TPSA) is 0 Å². The van der Waals surface area contributed by atoms with Crippen molar-refractivity contribution in [2.75, 3.05) is 0 Å². The smallest absolute Gasteiger partial charge is 0.0656 e. The Morgan fingerprint density at radius 3 is 1.94 bits per heavy atom. The van der Waals surface area contributed by atoms with E-state index >= 15 is 0 Å². The predicted octanol–water partition coefficient (Wildman–Crippen LogP) is 7.08. The van der Waals surface area contributed by atoms with Gasteiger partial charge in [-0.25, -0.2) is 0 Å². The summed E-state index contributed by atoms with van der Waals surface area (Å²) in [6.07, 6.45) is 0. The van der Waals surface area contributed by atoms with E-state index in [2.05, 4.69) is 135 Å². The number of hydrogen-bond acceptors (Lipinski definition) is 0. The fraction of sp³-hybridized carbons (Fsp3) is 0.333. The minimum atomic E-state index is -1.76. The standard InChI is InChI=1S/C33H42Si2/c1-22-16-17-31(24(3)18-22)34(29-19-23(2)20-30(21-29)35(8,9)10)33(7)27(6)25(4)26(5)32(33)28-14-12-11-13-15-28/h11-21,34H,1-10H3. The van der Waals surface area contributed by atoms with Crippen molar-refractivity contribution < 1.29 is 0 Å². The molecule has 4 rings (SSSR count). The van der Waals surface area contributed by atoms with Gasteiger partial charge in [-0.2, -0.15) is 0 Å². The van der Waals surface area contributed by atoms with E-state index < -0.39 is 16.9 Å². The van der Waals surface area contributed by atoms with Crippen LogP contribution in [0.25, 0.3) is 5.57 Å². The minimum absolute atomic E-state index is 0.0000409. The molecule has 0 nitrogen and oxygen atoms in total. The fourth-order valence-corrected chi connectivity index (χ4v) is 12.3. The quantitative estimate of drug-likeness (QED) is 0.332. The van der Waals surface area contributed by atoms with E-state index in [1.807, 2.05) is 0 Å². The maximum Gasteiger partial charge on any atom is 0.117 e. The molecule has 2 atom stereocenters. The second-order valence-electron chi connectivity index (χ2n) is 12.0. The molecule has 0 saturated heterocycles. The number of aryl methyl sites for hydroxylation is 3. The monoisotopic (exact) mass is 494 g/mol. The van der Waals surface area contributed by atoms with E-state index in [0.29, 0.717) is 0 Å². The zero-order valence-corrected chi connectivity index (χ0v) is 25.6. The molecule has 0 spiro atoms. The average Bonchev–Trinajstić information content (AvgIpc) is 2.95. The highest BCUT2D eigenvalue weighted by molar-refractivity contribution is 6.92. The van der Waals surface area contributed by atoms with E-state index in [1.165, 1.54) is 33.4 Å². The first-order chi connectivity index (χ1) is 16.4. The molecule has 0 amide bonds. The van der Waals surface area contributed by atoms with E-state index in [4.69, 9.17) is 0 Å². The Hall–Kier alpha value is -2.43. The van der Waals surface area contributed by atoms with E-state index in [0.717, 1.165) is 0 Å². The van der Waals surface area contributed by atoms with Crippen LogP contribution < -0.4 is 15.6 Å². The third kappa shape index (κ3) is 4.47. The van der Waals surface area contributed by atoms with Crippen LogP contribution in [0, 0.1) is 20.8 Å². The Labute approximate surface area is 216 Å². The third-order valence-electron chi connectivity index (χ3n) is 8.47. The lowest BCUT2D eigenvalue weighted by atomic mass is 9.90. The van der Waals surface area contributed by atoms with E-state index in [1.54, 1.807) is 26.7 Å². The predicted molar refractivity (Wildman–Crippen MR) is 162 cm³/mol. The van der Waals surface area contributed by atoms with Crippen LogP contribution in [0.1, 0.15) is 49.9 Å². The Kier molecular flexibility index (Phi) is 6.76. The zero-order valence-electron chi connectivity index (χ0n) is 23.4. The van der Waals surface area contributed by atoms with Gasteiger partial charge in [-0.3, -0.25) is 0 Å². The van der Waals surface area contributed by atoms with Crippen LogP contribution in [0.4, 0.5) is 0 Å². The number of hydrogen-bond donors (Lipinski definition) is 0. The van der Waals surface area contributed by atoms with Gasteiger partial charge in [0, 0.05) is 5.04 Å². The van der Waals surface area contributed by atoms with Gasteiger partial charge < -0.3 is 0 Å². The highest BCUT2D eigenvalue weighted by atomic mass is 28.3. The van der Waals surface area contributed by atoms with Gasteiger partial charge >= 0.3 is 0 Å². The summed E-state index contributed by atoms with van der Waals surface area (Å²) in [6, 6.07) is 25.9. The molecular formula is C33H42Si2. The fourth-order valence-electron chi connectivity index (χ4n) is 6.30. The number of benzene rings is 3. The van der Waals surface area contributed by atoms with Gasteiger partial charge in [0.1, 0.15) is 8.80 Å². The summed E-state index contributed by atoms with van der Waals surface area (Å²) in [5.41, 5.74) is 11.6. The summed E-state index contributed by atoms with van der Waals surface area (Å²) in [4.78, 5) is 0. The first-order valence-corrected chi connectivity index (χ1v) is 18.2. The van der Waals surface area contributed by atoms with Gasteiger partial charge in [0.25, 0.3) is 0 Å². The number of rotatable bonds is 5. The van der Waals surface area contributed by atoms with Crippen LogP contribution in [-0.2, 0) is 0 Å². The second kappa shape index (κ2) is 9.22.